The summed E-state index contributed by atoms with van der Waals surface area (Å²) < 4.78 is 2.37. The van der Waals surface area contributed by atoms with E-state index in [4.69, 9.17) is 0 Å². The van der Waals surface area contributed by atoms with Crippen molar-refractivity contribution in [2.24, 2.45) is 4.99 Å². The zero-order valence-corrected chi connectivity index (χ0v) is 29.3. The summed E-state index contributed by atoms with van der Waals surface area (Å²) in [6.45, 7) is 8.60. The van der Waals surface area contributed by atoms with Crippen molar-refractivity contribution in [2.75, 3.05) is 7.05 Å². The monoisotopic (exact) mass is 666 g/mol. The standard InChI is InChI=1S/C45H34N2S2/c1-5-6-12-37(46-4)28-16-20-31(21-17-28)47-38-13-8-7-11-33(38)35-26-29(19-24-39(35)47)30-18-22-32-34-23-25-42-44(43(34)45(2,3)36(32)27-30)49-41-15-10-9-14-40(41)48-42/h5-27H,1H2,2-4H3/b12-6-,46-37?. The van der Waals surface area contributed by atoms with Gasteiger partial charge in [-0.2, -0.15) is 0 Å². The van der Waals surface area contributed by atoms with Crippen LogP contribution in [0.25, 0.3) is 49.7 Å². The van der Waals surface area contributed by atoms with Gasteiger partial charge in [0.15, 0.2) is 0 Å². The fourth-order valence-corrected chi connectivity index (χ4v) is 10.3. The zero-order chi connectivity index (χ0) is 33.3. The van der Waals surface area contributed by atoms with Crippen molar-refractivity contribution >= 4 is 51.0 Å². The largest absolute Gasteiger partial charge is 0.309 e. The van der Waals surface area contributed by atoms with E-state index < -0.39 is 0 Å². The maximum Gasteiger partial charge on any atom is 0.0643 e. The molecule has 0 atom stereocenters. The molecule has 6 aromatic carbocycles. The first-order valence-corrected chi connectivity index (χ1v) is 18.3. The van der Waals surface area contributed by atoms with Crippen LogP contribution in [0.2, 0.25) is 0 Å². The Kier molecular flexibility index (Phi) is 7.08. The van der Waals surface area contributed by atoms with E-state index in [0.29, 0.717) is 0 Å². The molecule has 0 radical (unpaired) electrons. The molecular weight excluding hydrogens is 633 g/mol. The second kappa shape index (κ2) is 11.5. The highest BCUT2D eigenvalue weighted by molar-refractivity contribution is 8.05. The van der Waals surface area contributed by atoms with Gasteiger partial charge in [-0.3, -0.25) is 4.99 Å². The molecule has 0 spiro atoms. The van der Waals surface area contributed by atoms with Gasteiger partial charge in [0.1, 0.15) is 0 Å². The Morgan fingerprint density at radius 1 is 0.694 bits per heavy atom. The Morgan fingerprint density at radius 2 is 1.39 bits per heavy atom. The first-order valence-electron chi connectivity index (χ1n) is 16.6. The number of rotatable bonds is 5. The quantitative estimate of drug-likeness (QED) is 0.134. The van der Waals surface area contributed by atoms with Gasteiger partial charge < -0.3 is 4.57 Å². The molecule has 7 aromatic rings. The van der Waals surface area contributed by atoms with Crippen molar-refractivity contribution < 1.29 is 0 Å². The number of aromatic nitrogens is 1. The minimum absolute atomic E-state index is 0.109. The normalized spacial score (nSPS) is 14.6. The van der Waals surface area contributed by atoms with Crippen LogP contribution in [0.4, 0.5) is 0 Å². The highest BCUT2D eigenvalue weighted by atomic mass is 32.2. The van der Waals surface area contributed by atoms with Crippen LogP contribution in [-0.4, -0.2) is 17.3 Å². The maximum absolute atomic E-state index is 4.47. The first-order chi connectivity index (χ1) is 24.0. The van der Waals surface area contributed by atoms with E-state index in [1.54, 1.807) is 6.08 Å². The molecule has 2 aliphatic rings. The molecule has 49 heavy (non-hydrogen) atoms. The maximum atomic E-state index is 4.47. The predicted molar refractivity (Wildman–Crippen MR) is 210 cm³/mol. The second-order valence-corrected chi connectivity index (χ2v) is 15.3. The summed E-state index contributed by atoms with van der Waals surface area (Å²) in [6.07, 6.45) is 5.69. The highest BCUT2D eigenvalue weighted by Crippen LogP contribution is 2.58. The van der Waals surface area contributed by atoms with Crippen molar-refractivity contribution in [3.05, 3.63) is 163 Å². The number of hydrogen-bond donors (Lipinski definition) is 0. The molecule has 0 N–H and O–H groups in total. The van der Waals surface area contributed by atoms with Crippen LogP contribution < -0.4 is 0 Å². The Hall–Kier alpha value is -5.03. The van der Waals surface area contributed by atoms with Gasteiger partial charge in [-0.25, -0.2) is 0 Å². The Bertz CT molecular complexity index is 2550. The molecule has 4 heteroatoms. The molecule has 1 aliphatic heterocycles. The van der Waals surface area contributed by atoms with Crippen molar-refractivity contribution in [3.63, 3.8) is 0 Å². The molecule has 1 aromatic heterocycles. The summed E-state index contributed by atoms with van der Waals surface area (Å²) in [5, 5.41) is 2.51. The second-order valence-electron chi connectivity index (χ2n) is 13.2. The fourth-order valence-electron chi connectivity index (χ4n) is 7.72. The lowest BCUT2D eigenvalue weighted by atomic mass is 9.81. The summed E-state index contributed by atoms with van der Waals surface area (Å²) >= 11 is 3.84. The molecule has 236 valence electrons. The summed E-state index contributed by atoms with van der Waals surface area (Å²) in [7, 11) is 1.83. The molecule has 0 unspecified atom stereocenters. The summed E-state index contributed by atoms with van der Waals surface area (Å²) in [6, 6.07) is 45.0. The van der Waals surface area contributed by atoms with Crippen molar-refractivity contribution in [2.45, 2.75) is 38.8 Å². The molecule has 9 rings (SSSR count). The van der Waals surface area contributed by atoms with E-state index in [1.165, 1.54) is 74.8 Å². The molecule has 0 saturated carbocycles. The van der Waals surface area contributed by atoms with Crippen molar-refractivity contribution in [1.29, 1.82) is 0 Å². The third-order valence-electron chi connectivity index (χ3n) is 10.1. The lowest BCUT2D eigenvalue weighted by Gasteiger charge is -2.28. The molecule has 0 saturated heterocycles. The van der Waals surface area contributed by atoms with Crippen LogP contribution in [0.1, 0.15) is 30.5 Å². The van der Waals surface area contributed by atoms with E-state index >= 15 is 0 Å². The van der Waals surface area contributed by atoms with E-state index in [9.17, 15) is 0 Å². The number of allylic oxidation sites excluding steroid dienone is 3. The number of nitrogens with zero attached hydrogens (tertiary/aromatic N) is 2. The van der Waals surface area contributed by atoms with Crippen LogP contribution in [0.3, 0.4) is 0 Å². The van der Waals surface area contributed by atoms with Gasteiger partial charge in [-0.05, 0) is 99.6 Å². The summed E-state index contributed by atoms with van der Waals surface area (Å²) in [4.78, 5) is 9.95. The van der Waals surface area contributed by atoms with E-state index in [0.717, 1.165) is 17.0 Å². The number of aliphatic imine (C=N–C) groups is 1. The van der Waals surface area contributed by atoms with Crippen molar-refractivity contribution in [3.8, 4) is 27.9 Å². The average molecular weight is 667 g/mol. The predicted octanol–water partition coefficient (Wildman–Crippen LogP) is 12.5. The van der Waals surface area contributed by atoms with Gasteiger partial charge in [0.25, 0.3) is 0 Å². The Balaban J connectivity index is 1.12. The van der Waals surface area contributed by atoms with Crippen LogP contribution >= 0.6 is 23.5 Å². The minimum Gasteiger partial charge on any atom is -0.309 e. The van der Waals surface area contributed by atoms with Crippen LogP contribution in [-0.2, 0) is 5.41 Å². The number of benzene rings is 6. The van der Waals surface area contributed by atoms with E-state index in [2.05, 4.69) is 151 Å². The number of fused-ring (bicyclic) bond motifs is 9. The highest BCUT2D eigenvalue weighted by Gasteiger charge is 2.39. The lowest BCUT2D eigenvalue weighted by Crippen LogP contribution is -2.17. The molecule has 0 amide bonds. The number of hydrogen-bond acceptors (Lipinski definition) is 3. The van der Waals surface area contributed by atoms with Gasteiger partial charge in [0, 0.05) is 48.5 Å². The summed E-state index contributed by atoms with van der Waals surface area (Å²) in [5.74, 6) is 0. The van der Waals surface area contributed by atoms with Crippen LogP contribution in [0.15, 0.2) is 171 Å². The van der Waals surface area contributed by atoms with Crippen molar-refractivity contribution in [1.82, 2.24) is 4.57 Å². The van der Waals surface area contributed by atoms with Gasteiger partial charge >= 0.3 is 0 Å². The number of para-hydroxylation sites is 1. The fraction of sp³-hybridized carbons (Fsp3) is 0.0889. The zero-order valence-electron chi connectivity index (χ0n) is 27.7. The molecule has 0 fully saturated rings. The molecule has 2 nitrogen and oxygen atoms in total. The van der Waals surface area contributed by atoms with Gasteiger partial charge in [0.05, 0.1) is 16.7 Å². The minimum atomic E-state index is -0.109. The topological polar surface area (TPSA) is 17.3 Å². The first kappa shape index (κ1) is 30.1. The Labute approximate surface area is 295 Å². The smallest absolute Gasteiger partial charge is 0.0643 e. The molecular formula is C45H34N2S2. The Morgan fingerprint density at radius 3 is 2.18 bits per heavy atom. The van der Waals surface area contributed by atoms with Crippen LogP contribution in [0.5, 0.6) is 0 Å². The molecule has 0 bridgehead atoms. The van der Waals surface area contributed by atoms with Crippen LogP contribution in [0, 0.1) is 0 Å². The molecule has 2 heterocycles. The van der Waals surface area contributed by atoms with Gasteiger partial charge in [-0.15, -0.1) is 0 Å². The molecule has 1 aliphatic carbocycles. The lowest BCUT2D eigenvalue weighted by molar-refractivity contribution is 0.642. The summed E-state index contributed by atoms with van der Waals surface area (Å²) in [5.41, 5.74) is 13.5. The van der Waals surface area contributed by atoms with E-state index in [1.807, 2.05) is 42.7 Å². The van der Waals surface area contributed by atoms with Gasteiger partial charge in [0.2, 0.25) is 0 Å². The SMILES string of the molecule is C=C/C=C\C(=NC)c1ccc(-n2c3ccccc3c3cc(-c4ccc5c(c4)C(C)(C)c4c-5ccc5c4Sc4ccccc4S5)ccc32)cc1. The van der Waals surface area contributed by atoms with E-state index in [-0.39, 0.29) is 5.41 Å². The third kappa shape index (κ3) is 4.69. The third-order valence-corrected chi connectivity index (χ3v) is 12.7. The van der Waals surface area contributed by atoms with Gasteiger partial charge in [-0.1, -0.05) is 123 Å². The average Bonchev–Trinajstić information content (AvgIpc) is 3.59.